The standard InChI is InChI=1S/C25H24N4O4S/c1-28-12-9-23(27-28)22-17-29(34(30,31)20-5-3-2-4-6-20)24-21(22)15-19(16-26-24)18-7-10-25(11-8-18)32-13-14-33-25/h2-7,9,12,15-17H,8,10-11,13-14H2,1H3. The third-order valence-corrected chi connectivity index (χ3v) is 8.18. The number of aromatic nitrogens is 4. The van der Waals surface area contributed by atoms with Crippen molar-refractivity contribution in [2.24, 2.45) is 7.05 Å². The van der Waals surface area contributed by atoms with Gasteiger partial charge in [-0.3, -0.25) is 4.68 Å². The minimum absolute atomic E-state index is 0.210. The fourth-order valence-electron chi connectivity index (χ4n) is 4.74. The molecule has 8 nitrogen and oxygen atoms in total. The summed E-state index contributed by atoms with van der Waals surface area (Å²) in [6.45, 7) is 1.26. The normalized spacial score (nSPS) is 18.0. The molecule has 0 radical (unpaired) electrons. The van der Waals surface area contributed by atoms with E-state index in [1.165, 1.54) is 3.97 Å². The molecular weight excluding hydrogens is 452 g/mol. The molecule has 2 aliphatic rings. The van der Waals surface area contributed by atoms with E-state index in [1.54, 1.807) is 47.4 Å². The van der Waals surface area contributed by atoms with E-state index < -0.39 is 15.8 Å². The molecule has 3 aromatic heterocycles. The van der Waals surface area contributed by atoms with Gasteiger partial charge in [0.1, 0.15) is 0 Å². The number of nitrogens with zero attached hydrogens (tertiary/aromatic N) is 4. The molecule has 0 bridgehead atoms. The van der Waals surface area contributed by atoms with E-state index in [4.69, 9.17) is 9.47 Å². The molecule has 1 aliphatic heterocycles. The summed E-state index contributed by atoms with van der Waals surface area (Å²) in [6.07, 6.45) is 9.64. The van der Waals surface area contributed by atoms with E-state index in [2.05, 4.69) is 16.2 Å². The second-order valence-electron chi connectivity index (χ2n) is 8.67. The molecule has 1 aromatic carbocycles. The summed E-state index contributed by atoms with van der Waals surface area (Å²) in [5, 5.41) is 5.26. The summed E-state index contributed by atoms with van der Waals surface area (Å²) in [5.41, 5.74) is 3.92. The molecule has 0 unspecified atom stereocenters. The van der Waals surface area contributed by atoms with Gasteiger partial charge in [-0.1, -0.05) is 24.3 Å². The lowest BCUT2D eigenvalue weighted by molar-refractivity contribution is -0.159. The molecule has 1 fully saturated rings. The molecule has 0 amide bonds. The van der Waals surface area contributed by atoms with Gasteiger partial charge in [0.25, 0.3) is 10.0 Å². The number of hydrogen-bond acceptors (Lipinski definition) is 6. The maximum atomic E-state index is 13.5. The quantitative estimate of drug-likeness (QED) is 0.443. The molecule has 9 heteroatoms. The first-order chi connectivity index (χ1) is 16.5. The van der Waals surface area contributed by atoms with Gasteiger partial charge in [0.15, 0.2) is 11.4 Å². The topological polar surface area (TPSA) is 88.2 Å². The number of benzene rings is 1. The van der Waals surface area contributed by atoms with Crippen LogP contribution < -0.4 is 0 Å². The van der Waals surface area contributed by atoms with Crippen LogP contribution in [0.1, 0.15) is 24.8 Å². The highest BCUT2D eigenvalue weighted by Crippen LogP contribution is 2.39. The number of aryl methyl sites for hydroxylation is 1. The second kappa shape index (κ2) is 7.90. The maximum absolute atomic E-state index is 13.5. The summed E-state index contributed by atoms with van der Waals surface area (Å²) in [7, 11) is -1.99. The van der Waals surface area contributed by atoms with Crippen molar-refractivity contribution < 1.29 is 17.9 Å². The lowest BCUT2D eigenvalue weighted by Crippen LogP contribution is -2.31. The van der Waals surface area contributed by atoms with Gasteiger partial charge in [-0.25, -0.2) is 17.4 Å². The van der Waals surface area contributed by atoms with E-state index in [9.17, 15) is 8.42 Å². The number of ether oxygens (including phenoxy) is 2. The van der Waals surface area contributed by atoms with Crippen LogP contribution >= 0.6 is 0 Å². The molecule has 0 atom stereocenters. The molecule has 1 saturated heterocycles. The Morgan fingerprint density at radius 2 is 1.88 bits per heavy atom. The van der Waals surface area contributed by atoms with Crippen LogP contribution in [0.4, 0.5) is 0 Å². The van der Waals surface area contributed by atoms with Crippen LogP contribution in [0, 0.1) is 0 Å². The molecule has 1 spiro atoms. The van der Waals surface area contributed by atoms with E-state index in [0.29, 0.717) is 31.0 Å². The zero-order chi connectivity index (χ0) is 23.3. The van der Waals surface area contributed by atoms with Crippen LogP contribution in [0.25, 0.3) is 27.9 Å². The largest absolute Gasteiger partial charge is 0.347 e. The average molecular weight is 477 g/mol. The molecule has 34 heavy (non-hydrogen) atoms. The van der Waals surface area contributed by atoms with Crippen LogP contribution in [0.2, 0.25) is 0 Å². The number of rotatable bonds is 4. The zero-order valence-electron chi connectivity index (χ0n) is 18.7. The van der Waals surface area contributed by atoms with Gasteiger partial charge in [-0.05, 0) is 41.8 Å². The van der Waals surface area contributed by atoms with E-state index in [1.807, 2.05) is 25.4 Å². The highest BCUT2D eigenvalue weighted by atomic mass is 32.2. The third kappa shape index (κ3) is 3.48. The summed E-state index contributed by atoms with van der Waals surface area (Å²) in [4.78, 5) is 4.85. The Balaban J connectivity index is 1.49. The molecule has 6 rings (SSSR count). The Morgan fingerprint density at radius 3 is 2.56 bits per heavy atom. The van der Waals surface area contributed by atoms with Gasteiger partial charge in [-0.15, -0.1) is 0 Å². The van der Waals surface area contributed by atoms with Crippen molar-refractivity contribution in [1.29, 1.82) is 0 Å². The van der Waals surface area contributed by atoms with Gasteiger partial charge in [0.2, 0.25) is 0 Å². The molecule has 0 N–H and O–H groups in total. The van der Waals surface area contributed by atoms with Gasteiger partial charge >= 0.3 is 0 Å². The van der Waals surface area contributed by atoms with E-state index in [-0.39, 0.29) is 4.90 Å². The van der Waals surface area contributed by atoms with E-state index >= 15 is 0 Å². The van der Waals surface area contributed by atoms with Crippen molar-refractivity contribution in [2.45, 2.75) is 29.9 Å². The van der Waals surface area contributed by atoms with Crippen molar-refractivity contribution in [3.8, 4) is 11.3 Å². The van der Waals surface area contributed by atoms with Gasteiger partial charge in [0.05, 0.1) is 23.8 Å². The monoisotopic (exact) mass is 476 g/mol. The minimum Gasteiger partial charge on any atom is -0.347 e. The number of allylic oxidation sites excluding steroid dienone is 1. The fraction of sp³-hybridized carbons (Fsp3) is 0.280. The van der Waals surface area contributed by atoms with Crippen LogP contribution in [0.5, 0.6) is 0 Å². The molecule has 174 valence electrons. The van der Waals surface area contributed by atoms with Gasteiger partial charge in [-0.2, -0.15) is 5.10 Å². The van der Waals surface area contributed by atoms with Crippen LogP contribution in [0.15, 0.2) is 72.0 Å². The molecule has 0 saturated carbocycles. The first-order valence-electron chi connectivity index (χ1n) is 11.2. The Morgan fingerprint density at radius 1 is 1.09 bits per heavy atom. The summed E-state index contributed by atoms with van der Waals surface area (Å²) in [6, 6.07) is 12.3. The predicted molar refractivity (Wildman–Crippen MR) is 127 cm³/mol. The Kier molecular flexibility index (Phi) is 4.94. The first-order valence-corrected chi connectivity index (χ1v) is 12.7. The summed E-state index contributed by atoms with van der Waals surface area (Å²) in [5.74, 6) is -0.493. The van der Waals surface area contributed by atoms with Crippen molar-refractivity contribution in [2.75, 3.05) is 13.2 Å². The minimum atomic E-state index is -3.83. The molecule has 1 aliphatic carbocycles. The molecule has 4 aromatic rings. The summed E-state index contributed by atoms with van der Waals surface area (Å²) < 4.78 is 41.6. The fourth-order valence-corrected chi connectivity index (χ4v) is 6.08. The second-order valence-corrected chi connectivity index (χ2v) is 10.5. The van der Waals surface area contributed by atoms with Crippen molar-refractivity contribution in [1.82, 2.24) is 18.7 Å². The van der Waals surface area contributed by atoms with Crippen LogP contribution in [-0.2, 0) is 26.5 Å². The zero-order valence-corrected chi connectivity index (χ0v) is 19.5. The van der Waals surface area contributed by atoms with E-state index in [0.717, 1.165) is 34.9 Å². The first kappa shape index (κ1) is 21.3. The van der Waals surface area contributed by atoms with Crippen molar-refractivity contribution in [3.05, 3.63) is 72.7 Å². The Bertz CT molecular complexity index is 1510. The van der Waals surface area contributed by atoms with Crippen molar-refractivity contribution in [3.63, 3.8) is 0 Å². The van der Waals surface area contributed by atoms with Crippen LogP contribution in [-0.4, -0.2) is 46.2 Å². The Labute approximate surface area is 197 Å². The SMILES string of the molecule is Cn1ccc(-c2cn(S(=O)(=O)c3ccccc3)c3ncc(C4=CCC5(CC4)OCCO5)cc23)n1. The Hall–Kier alpha value is -3.27. The predicted octanol–water partition coefficient (Wildman–Crippen LogP) is 3.98. The third-order valence-electron chi connectivity index (χ3n) is 6.52. The van der Waals surface area contributed by atoms with Gasteiger partial charge < -0.3 is 9.47 Å². The van der Waals surface area contributed by atoms with Gasteiger partial charge in [0, 0.05) is 49.4 Å². The highest BCUT2D eigenvalue weighted by molar-refractivity contribution is 7.90. The highest BCUT2D eigenvalue weighted by Gasteiger charge is 2.37. The smallest absolute Gasteiger partial charge is 0.269 e. The maximum Gasteiger partial charge on any atom is 0.269 e. The molecule has 4 heterocycles. The summed E-state index contributed by atoms with van der Waals surface area (Å²) >= 11 is 0. The lowest BCUT2D eigenvalue weighted by Gasteiger charge is -2.30. The molecular formula is C25H24N4O4S. The average Bonchev–Trinajstić information content (AvgIpc) is 3.59. The lowest BCUT2D eigenvalue weighted by atomic mass is 9.90. The van der Waals surface area contributed by atoms with Crippen molar-refractivity contribution >= 4 is 26.6 Å². The van der Waals surface area contributed by atoms with Crippen LogP contribution in [0.3, 0.4) is 0 Å². The number of hydrogen-bond donors (Lipinski definition) is 0. The number of pyridine rings is 1. The number of fused-ring (bicyclic) bond motifs is 1.